The molecule has 0 unspecified atom stereocenters. The largest absolute Gasteiger partial charge is 0.478 e. The molecular formula is C13H17BrO4. The third-order valence-corrected chi connectivity index (χ3v) is 2.84. The smallest absolute Gasteiger partial charge is 0.335 e. The molecule has 0 atom stereocenters. The average molecular weight is 317 g/mol. The van der Waals surface area contributed by atoms with E-state index >= 15 is 0 Å². The molecule has 1 aromatic carbocycles. The van der Waals surface area contributed by atoms with Gasteiger partial charge < -0.3 is 10.2 Å². The number of benzene rings is 1. The summed E-state index contributed by atoms with van der Waals surface area (Å²) in [6.45, 7) is 3.66. The lowest BCUT2D eigenvalue weighted by Crippen LogP contribution is -2.06. The maximum Gasteiger partial charge on any atom is 0.335 e. The highest BCUT2D eigenvalue weighted by molar-refractivity contribution is 9.09. The number of rotatable bonds is 4. The molecule has 0 fully saturated rings. The molecule has 1 rings (SSSR count). The van der Waals surface area contributed by atoms with Gasteiger partial charge >= 0.3 is 11.9 Å². The molecule has 100 valence electrons. The van der Waals surface area contributed by atoms with E-state index in [1.807, 2.05) is 0 Å². The van der Waals surface area contributed by atoms with Gasteiger partial charge in [-0.1, -0.05) is 35.3 Å². The molecule has 0 aliphatic rings. The van der Waals surface area contributed by atoms with Crippen LogP contribution in [-0.2, 0) is 0 Å². The van der Waals surface area contributed by atoms with Crippen molar-refractivity contribution in [3.8, 4) is 0 Å². The summed E-state index contributed by atoms with van der Waals surface area (Å²) in [6.07, 6.45) is 2.60. The lowest BCUT2D eigenvalue weighted by atomic mass is 10.0. The second-order valence-electron chi connectivity index (χ2n) is 3.63. The first-order valence-corrected chi connectivity index (χ1v) is 6.70. The van der Waals surface area contributed by atoms with E-state index < -0.39 is 11.9 Å². The third kappa shape index (κ3) is 5.31. The lowest BCUT2D eigenvalue weighted by molar-refractivity contribution is 0.0696. The standard InChI is InChI=1S/C9H8O4.C4H9Br/c1-5-6(8(10)11)3-2-4-7(5)9(12)13;1-2-3-4-5/h2-4H,1H3,(H,10,11)(H,12,13);2-4H2,1H3. The number of carboxylic acids is 2. The van der Waals surface area contributed by atoms with Crippen LogP contribution in [0.15, 0.2) is 18.2 Å². The van der Waals surface area contributed by atoms with Gasteiger partial charge in [-0.3, -0.25) is 0 Å². The number of halogens is 1. The van der Waals surface area contributed by atoms with Crippen molar-refractivity contribution in [1.82, 2.24) is 0 Å². The Morgan fingerprint density at radius 1 is 1.17 bits per heavy atom. The van der Waals surface area contributed by atoms with Gasteiger partial charge in [0.2, 0.25) is 0 Å². The molecule has 0 radical (unpaired) electrons. The van der Waals surface area contributed by atoms with Crippen molar-refractivity contribution in [1.29, 1.82) is 0 Å². The van der Waals surface area contributed by atoms with Crippen molar-refractivity contribution in [2.24, 2.45) is 0 Å². The quantitative estimate of drug-likeness (QED) is 0.833. The van der Waals surface area contributed by atoms with Crippen molar-refractivity contribution in [3.63, 3.8) is 0 Å². The Labute approximate surface area is 115 Å². The van der Waals surface area contributed by atoms with Crippen molar-refractivity contribution < 1.29 is 19.8 Å². The maximum absolute atomic E-state index is 10.6. The van der Waals surface area contributed by atoms with Crippen LogP contribution >= 0.6 is 15.9 Å². The van der Waals surface area contributed by atoms with Gasteiger partial charge in [-0.2, -0.15) is 0 Å². The van der Waals surface area contributed by atoms with E-state index in [4.69, 9.17) is 10.2 Å². The highest BCUT2D eigenvalue weighted by Gasteiger charge is 2.13. The van der Waals surface area contributed by atoms with Gasteiger partial charge in [0.05, 0.1) is 11.1 Å². The molecule has 0 aliphatic heterocycles. The summed E-state index contributed by atoms with van der Waals surface area (Å²) in [5.74, 6) is -2.22. The Balaban J connectivity index is 0.000000494. The van der Waals surface area contributed by atoms with Crippen molar-refractivity contribution in [2.75, 3.05) is 5.33 Å². The summed E-state index contributed by atoms with van der Waals surface area (Å²) in [5.41, 5.74) is 0.335. The molecule has 0 aromatic heterocycles. The summed E-state index contributed by atoms with van der Waals surface area (Å²) in [6, 6.07) is 4.17. The molecule has 0 saturated heterocycles. The Hall–Kier alpha value is -1.36. The first-order valence-electron chi connectivity index (χ1n) is 5.57. The lowest BCUT2D eigenvalue weighted by Gasteiger charge is -2.03. The van der Waals surface area contributed by atoms with E-state index in [-0.39, 0.29) is 16.7 Å². The Morgan fingerprint density at radius 3 is 1.83 bits per heavy atom. The summed E-state index contributed by atoms with van der Waals surface area (Å²) < 4.78 is 0. The SMILES string of the molecule is CCCCBr.Cc1c(C(=O)O)cccc1C(=O)O. The van der Waals surface area contributed by atoms with Crippen LogP contribution < -0.4 is 0 Å². The summed E-state index contributed by atoms with van der Waals surface area (Å²) in [7, 11) is 0. The van der Waals surface area contributed by atoms with Crippen LogP contribution in [0.4, 0.5) is 0 Å². The Morgan fingerprint density at radius 2 is 1.61 bits per heavy atom. The number of alkyl halides is 1. The predicted octanol–water partition coefficient (Wildman–Crippen LogP) is 3.57. The van der Waals surface area contributed by atoms with E-state index in [1.165, 1.54) is 38.0 Å². The molecule has 4 nitrogen and oxygen atoms in total. The van der Waals surface area contributed by atoms with Crippen LogP contribution in [0.25, 0.3) is 0 Å². The molecule has 0 amide bonds. The number of carbonyl (C=O) groups is 2. The number of hydrogen-bond acceptors (Lipinski definition) is 2. The van der Waals surface area contributed by atoms with Gasteiger partial charge in [0.1, 0.15) is 0 Å². The molecule has 5 heteroatoms. The van der Waals surface area contributed by atoms with E-state index in [9.17, 15) is 9.59 Å². The zero-order valence-electron chi connectivity index (χ0n) is 10.4. The fraction of sp³-hybridized carbons (Fsp3) is 0.385. The van der Waals surface area contributed by atoms with Crippen molar-refractivity contribution in [3.05, 3.63) is 34.9 Å². The number of aromatic carboxylic acids is 2. The van der Waals surface area contributed by atoms with Crippen molar-refractivity contribution in [2.45, 2.75) is 26.7 Å². The number of unbranched alkanes of at least 4 members (excludes halogenated alkanes) is 1. The van der Waals surface area contributed by atoms with E-state index in [1.54, 1.807) is 0 Å². The van der Waals surface area contributed by atoms with Crippen molar-refractivity contribution >= 4 is 27.9 Å². The number of carboxylic acid groups (broad SMARTS) is 2. The van der Waals surface area contributed by atoms with E-state index in [2.05, 4.69) is 22.9 Å². The van der Waals surface area contributed by atoms with Crippen LogP contribution in [0.5, 0.6) is 0 Å². The molecule has 0 spiro atoms. The van der Waals surface area contributed by atoms with E-state index in [0.29, 0.717) is 0 Å². The average Bonchev–Trinajstić information content (AvgIpc) is 2.30. The van der Waals surface area contributed by atoms with Gasteiger partial charge in [0.15, 0.2) is 0 Å². The zero-order valence-corrected chi connectivity index (χ0v) is 12.0. The predicted molar refractivity (Wildman–Crippen MR) is 73.8 cm³/mol. The van der Waals surface area contributed by atoms with Crippen LogP contribution in [0.3, 0.4) is 0 Å². The first-order chi connectivity index (χ1) is 8.45. The molecule has 2 N–H and O–H groups in total. The van der Waals surface area contributed by atoms with Crippen LogP contribution in [-0.4, -0.2) is 27.5 Å². The molecule has 0 bridgehead atoms. The molecule has 0 saturated carbocycles. The summed E-state index contributed by atoms with van der Waals surface area (Å²) in [4.78, 5) is 21.2. The third-order valence-electron chi connectivity index (χ3n) is 2.28. The van der Waals surface area contributed by atoms with Gasteiger partial charge in [-0.15, -0.1) is 0 Å². The van der Waals surface area contributed by atoms with Crippen LogP contribution in [0.1, 0.15) is 46.0 Å². The highest BCUT2D eigenvalue weighted by atomic mass is 79.9. The van der Waals surface area contributed by atoms with Gasteiger partial charge in [0.25, 0.3) is 0 Å². The minimum atomic E-state index is -1.11. The molecule has 1 aromatic rings. The van der Waals surface area contributed by atoms with Gasteiger partial charge in [0, 0.05) is 5.33 Å². The zero-order chi connectivity index (χ0) is 14.1. The second-order valence-corrected chi connectivity index (χ2v) is 4.42. The summed E-state index contributed by atoms with van der Waals surface area (Å²) >= 11 is 3.31. The van der Waals surface area contributed by atoms with Crippen LogP contribution in [0, 0.1) is 6.92 Å². The fourth-order valence-corrected chi connectivity index (χ4v) is 1.79. The number of hydrogen-bond donors (Lipinski definition) is 2. The molecule has 0 aliphatic carbocycles. The van der Waals surface area contributed by atoms with E-state index in [0.717, 1.165) is 5.33 Å². The first kappa shape index (κ1) is 16.6. The minimum absolute atomic E-state index is 0.0277. The molecule has 0 heterocycles. The second kappa shape index (κ2) is 8.69. The van der Waals surface area contributed by atoms with Gasteiger partial charge in [-0.05, 0) is 31.0 Å². The summed E-state index contributed by atoms with van der Waals surface area (Å²) in [5, 5.41) is 18.5. The highest BCUT2D eigenvalue weighted by Crippen LogP contribution is 2.13. The molecular weight excluding hydrogens is 300 g/mol. The monoisotopic (exact) mass is 316 g/mol. The fourth-order valence-electron chi connectivity index (χ4n) is 1.23. The van der Waals surface area contributed by atoms with Gasteiger partial charge in [-0.25, -0.2) is 9.59 Å². The maximum atomic E-state index is 10.6. The normalized spacial score (nSPS) is 9.28. The minimum Gasteiger partial charge on any atom is -0.478 e. The Kier molecular flexibility index (Phi) is 8.03. The topological polar surface area (TPSA) is 74.6 Å². The molecule has 18 heavy (non-hydrogen) atoms. The Bertz CT molecular complexity index is 381. The van der Waals surface area contributed by atoms with Crippen LogP contribution in [0.2, 0.25) is 0 Å².